The standard InChI is InChI=1S/C31H36/c1-22-9-11-25(12-10-22)29(26-15-19-28(20-16-26)31(6,7)8)21-23(2)24-13-17-27(18-14-24)30(3,4)5/h9-20H,1-8H3. The van der Waals surface area contributed by atoms with Gasteiger partial charge in [0, 0.05) is 5.57 Å². The fraction of sp³-hybridized carbons (Fsp3) is 0.323. The molecule has 0 amide bonds. The first kappa shape index (κ1) is 22.9. The van der Waals surface area contributed by atoms with Crippen molar-refractivity contribution in [3.8, 4) is 0 Å². The number of hydrogen-bond donors (Lipinski definition) is 0. The second-order valence-corrected chi connectivity index (χ2v) is 10.6. The third-order valence-corrected chi connectivity index (χ3v) is 5.88. The molecule has 0 aliphatic heterocycles. The third-order valence-electron chi connectivity index (χ3n) is 5.88. The van der Waals surface area contributed by atoms with E-state index in [0.717, 1.165) is 11.1 Å². The Kier molecular flexibility index (Phi) is 6.44. The van der Waals surface area contributed by atoms with Crippen molar-refractivity contribution in [2.75, 3.05) is 0 Å². The molecule has 160 valence electrons. The first-order chi connectivity index (χ1) is 14.4. The Hall–Kier alpha value is -2.82. The zero-order valence-corrected chi connectivity index (χ0v) is 20.4. The van der Waals surface area contributed by atoms with Crippen molar-refractivity contribution in [1.29, 1.82) is 0 Å². The van der Waals surface area contributed by atoms with Crippen molar-refractivity contribution >= 4 is 11.1 Å². The molecular weight excluding hydrogens is 372 g/mol. The highest BCUT2D eigenvalue weighted by Gasteiger charge is 2.15. The Morgan fingerprint density at radius 2 is 0.903 bits per heavy atom. The predicted molar refractivity (Wildman–Crippen MR) is 137 cm³/mol. The Morgan fingerprint density at radius 3 is 1.29 bits per heavy atom. The summed E-state index contributed by atoms with van der Waals surface area (Å²) in [6.07, 6.45) is 0. The van der Waals surface area contributed by atoms with Crippen molar-refractivity contribution in [2.45, 2.75) is 66.2 Å². The molecule has 31 heavy (non-hydrogen) atoms. The molecule has 0 unspecified atom stereocenters. The van der Waals surface area contributed by atoms with Crippen molar-refractivity contribution < 1.29 is 0 Å². The molecule has 0 heteroatoms. The molecule has 0 fully saturated rings. The zero-order chi connectivity index (χ0) is 22.8. The average molecular weight is 409 g/mol. The van der Waals surface area contributed by atoms with Crippen LogP contribution in [-0.4, -0.2) is 0 Å². The molecule has 0 aliphatic rings. The Morgan fingerprint density at radius 1 is 0.548 bits per heavy atom. The normalized spacial score (nSPS) is 11.7. The minimum atomic E-state index is 0.146. The molecular formula is C31H36. The van der Waals surface area contributed by atoms with Gasteiger partial charge in [-0.05, 0) is 58.1 Å². The molecule has 3 rings (SSSR count). The quantitative estimate of drug-likeness (QED) is 0.380. The zero-order valence-electron chi connectivity index (χ0n) is 20.4. The van der Waals surface area contributed by atoms with Gasteiger partial charge in [0.1, 0.15) is 0 Å². The lowest BCUT2D eigenvalue weighted by Crippen LogP contribution is -2.10. The Labute approximate surface area is 189 Å². The van der Waals surface area contributed by atoms with Crippen molar-refractivity contribution in [3.05, 3.63) is 112 Å². The molecule has 0 aromatic heterocycles. The smallest absolute Gasteiger partial charge is 0.0312 e. The lowest BCUT2D eigenvalue weighted by molar-refractivity contribution is 0.590. The van der Waals surface area contributed by atoms with E-state index in [2.05, 4.69) is 134 Å². The molecule has 0 heterocycles. The van der Waals surface area contributed by atoms with Gasteiger partial charge in [-0.15, -0.1) is 5.73 Å². The maximum absolute atomic E-state index is 3.74. The summed E-state index contributed by atoms with van der Waals surface area (Å²) in [6.45, 7) is 17.8. The number of allylic oxidation sites excluding steroid dienone is 1. The van der Waals surface area contributed by atoms with Crippen LogP contribution in [0.2, 0.25) is 0 Å². The minimum absolute atomic E-state index is 0.146. The van der Waals surface area contributed by atoms with Gasteiger partial charge in [0.2, 0.25) is 0 Å². The van der Waals surface area contributed by atoms with Crippen molar-refractivity contribution in [3.63, 3.8) is 0 Å². The van der Waals surface area contributed by atoms with Gasteiger partial charge in [-0.25, -0.2) is 0 Å². The largest absolute Gasteiger partial charge is 0.108 e. The molecule has 0 spiro atoms. The van der Waals surface area contributed by atoms with Crippen molar-refractivity contribution in [1.82, 2.24) is 0 Å². The third kappa shape index (κ3) is 5.66. The van der Waals surface area contributed by atoms with E-state index in [4.69, 9.17) is 0 Å². The highest BCUT2D eigenvalue weighted by Crippen LogP contribution is 2.29. The van der Waals surface area contributed by atoms with E-state index in [1.54, 1.807) is 0 Å². The molecule has 0 N–H and O–H groups in total. The lowest BCUT2D eigenvalue weighted by atomic mass is 9.85. The summed E-state index contributed by atoms with van der Waals surface area (Å²) in [5.41, 5.74) is 13.9. The summed E-state index contributed by atoms with van der Waals surface area (Å²) in [5, 5.41) is 0. The van der Waals surface area contributed by atoms with Crippen LogP contribution in [0.4, 0.5) is 0 Å². The van der Waals surface area contributed by atoms with Gasteiger partial charge < -0.3 is 0 Å². The van der Waals surface area contributed by atoms with E-state index in [1.165, 1.54) is 33.4 Å². The van der Waals surface area contributed by atoms with Gasteiger partial charge in [-0.2, -0.15) is 0 Å². The van der Waals surface area contributed by atoms with Crippen LogP contribution in [0.3, 0.4) is 0 Å². The molecule has 3 aromatic rings. The second-order valence-electron chi connectivity index (χ2n) is 10.6. The van der Waals surface area contributed by atoms with Gasteiger partial charge in [-0.3, -0.25) is 0 Å². The Balaban J connectivity index is 2.13. The summed E-state index contributed by atoms with van der Waals surface area (Å²) < 4.78 is 0. The molecule has 0 saturated heterocycles. The molecule has 0 aliphatic carbocycles. The molecule has 0 atom stereocenters. The van der Waals surface area contributed by atoms with E-state index in [9.17, 15) is 0 Å². The Bertz CT molecular complexity index is 1090. The van der Waals surface area contributed by atoms with E-state index in [-0.39, 0.29) is 10.8 Å². The van der Waals surface area contributed by atoms with Gasteiger partial charge in [0.05, 0.1) is 0 Å². The van der Waals surface area contributed by atoms with Gasteiger partial charge in [-0.1, -0.05) is 120 Å². The minimum Gasteiger partial charge on any atom is -0.108 e. The average Bonchev–Trinajstić information content (AvgIpc) is 2.71. The second kappa shape index (κ2) is 8.74. The van der Waals surface area contributed by atoms with E-state index in [0.29, 0.717) is 0 Å². The maximum atomic E-state index is 3.74. The van der Waals surface area contributed by atoms with Crippen LogP contribution in [0, 0.1) is 6.92 Å². The molecule has 3 aromatic carbocycles. The molecule has 0 bridgehead atoms. The summed E-state index contributed by atoms with van der Waals surface area (Å²) in [5.74, 6) is 0. The molecule has 0 nitrogen and oxygen atoms in total. The van der Waals surface area contributed by atoms with E-state index in [1.807, 2.05) is 0 Å². The van der Waals surface area contributed by atoms with E-state index >= 15 is 0 Å². The lowest BCUT2D eigenvalue weighted by Gasteiger charge is -2.19. The van der Waals surface area contributed by atoms with Crippen molar-refractivity contribution in [2.24, 2.45) is 0 Å². The summed E-state index contributed by atoms with van der Waals surface area (Å²) in [7, 11) is 0. The topological polar surface area (TPSA) is 0 Å². The molecule has 0 radical (unpaired) electrons. The van der Waals surface area contributed by atoms with Crippen LogP contribution in [0.25, 0.3) is 11.1 Å². The highest BCUT2D eigenvalue weighted by molar-refractivity contribution is 5.83. The predicted octanol–water partition coefficient (Wildman–Crippen LogP) is 8.72. The van der Waals surface area contributed by atoms with Gasteiger partial charge in [0.25, 0.3) is 0 Å². The first-order valence-electron chi connectivity index (χ1n) is 11.2. The van der Waals surface area contributed by atoms with Crippen LogP contribution in [0.5, 0.6) is 0 Å². The summed E-state index contributed by atoms with van der Waals surface area (Å²) in [4.78, 5) is 0. The summed E-state index contributed by atoms with van der Waals surface area (Å²) >= 11 is 0. The fourth-order valence-corrected chi connectivity index (χ4v) is 3.65. The van der Waals surface area contributed by atoms with Crippen LogP contribution in [0.15, 0.2) is 78.5 Å². The fourth-order valence-electron chi connectivity index (χ4n) is 3.65. The first-order valence-corrected chi connectivity index (χ1v) is 11.2. The van der Waals surface area contributed by atoms with Gasteiger partial charge in [0.15, 0.2) is 0 Å². The monoisotopic (exact) mass is 408 g/mol. The van der Waals surface area contributed by atoms with Crippen LogP contribution < -0.4 is 0 Å². The highest BCUT2D eigenvalue weighted by atomic mass is 14.2. The SMILES string of the molecule is CC(=C=C(c1ccc(C)cc1)c1ccc(C(C)(C)C)cc1)c1ccc(C(C)(C)C)cc1. The number of hydrogen-bond acceptors (Lipinski definition) is 0. The number of rotatable bonds is 3. The maximum Gasteiger partial charge on any atom is 0.0312 e. The molecule has 0 saturated carbocycles. The van der Waals surface area contributed by atoms with Crippen LogP contribution in [-0.2, 0) is 10.8 Å². The van der Waals surface area contributed by atoms with E-state index < -0.39 is 0 Å². The number of benzene rings is 3. The number of aryl methyl sites for hydroxylation is 1. The summed E-state index contributed by atoms with van der Waals surface area (Å²) in [6, 6.07) is 26.6. The van der Waals surface area contributed by atoms with Crippen LogP contribution >= 0.6 is 0 Å². The van der Waals surface area contributed by atoms with Crippen LogP contribution in [0.1, 0.15) is 81.8 Å². The van der Waals surface area contributed by atoms with Gasteiger partial charge >= 0.3 is 0 Å².